The molecule has 2 aromatic heterocycles. The Kier molecular flexibility index (Phi) is 6.22. The largest absolute Gasteiger partial charge is 0.310 e. The van der Waals surface area contributed by atoms with Crippen LogP contribution < -0.4 is 10.2 Å². The number of nitrogens with zero attached hydrogens (tertiary/aromatic N) is 3. The van der Waals surface area contributed by atoms with Gasteiger partial charge in [-0.15, -0.1) is 0 Å². The molecule has 5 nitrogen and oxygen atoms in total. The van der Waals surface area contributed by atoms with Gasteiger partial charge in [0.05, 0.1) is 11.7 Å². The van der Waals surface area contributed by atoms with Crippen LogP contribution >= 0.6 is 0 Å². The van der Waals surface area contributed by atoms with Crippen LogP contribution in [0.2, 0.25) is 0 Å². The van der Waals surface area contributed by atoms with Crippen molar-refractivity contribution < 1.29 is 4.79 Å². The molecule has 164 valence electrons. The molecular formula is C28H26N4O. The van der Waals surface area contributed by atoms with Crippen molar-refractivity contribution in [3.8, 4) is 11.1 Å². The summed E-state index contributed by atoms with van der Waals surface area (Å²) in [7, 11) is 0. The molecule has 0 aliphatic carbocycles. The molecule has 1 N–H and O–H groups in total. The zero-order valence-corrected chi connectivity index (χ0v) is 18.4. The molecule has 0 saturated heterocycles. The summed E-state index contributed by atoms with van der Waals surface area (Å²) in [5.74, 6) is 0.0976. The number of rotatable bonds is 7. The van der Waals surface area contributed by atoms with Gasteiger partial charge in [-0.1, -0.05) is 48.5 Å². The molecule has 1 unspecified atom stereocenters. The molecule has 1 aliphatic rings. The standard InChI is InChI=1S/C28H26N4O/c33-28(26(18-21-6-2-1-3-7-21)31-20-25-8-4-5-14-30-25)32-17-13-23-9-10-24(19-27(23)32)22-11-15-29-16-12-22/h1-12,14-16,19,26,31H,13,17-18,20H2. The normalized spacial score (nSPS) is 13.5. The average molecular weight is 435 g/mol. The second-order valence-electron chi connectivity index (χ2n) is 8.26. The Morgan fingerprint density at radius 3 is 2.52 bits per heavy atom. The zero-order valence-electron chi connectivity index (χ0n) is 18.4. The van der Waals surface area contributed by atoms with E-state index in [1.807, 2.05) is 53.4 Å². The lowest BCUT2D eigenvalue weighted by molar-refractivity contribution is -0.120. The molecular weight excluding hydrogens is 408 g/mol. The topological polar surface area (TPSA) is 58.1 Å². The molecule has 1 aliphatic heterocycles. The molecule has 1 amide bonds. The molecule has 0 radical (unpaired) electrons. The van der Waals surface area contributed by atoms with E-state index in [2.05, 4.69) is 45.6 Å². The Labute approximate surface area is 194 Å². The van der Waals surface area contributed by atoms with Crippen LogP contribution in [0.5, 0.6) is 0 Å². The second-order valence-corrected chi connectivity index (χ2v) is 8.26. The number of carbonyl (C=O) groups is 1. The maximum atomic E-state index is 13.8. The van der Waals surface area contributed by atoms with E-state index in [-0.39, 0.29) is 11.9 Å². The third kappa shape index (κ3) is 4.83. The maximum absolute atomic E-state index is 13.8. The summed E-state index contributed by atoms with van der Waals surface area (Å²) in [6.07, 6.45) is 6.87. The van der Waals surface area contributed by atoms with Gasteiger partial charge in [0.1, 0.15) is 0 Å². The van der Waals surface area contributed by atoms with Gasteiger partial charge in [-0.2, -0.15) is 0 Å². The monoisotopic (exact) mass is 434 g/mol. The minimum Gasteiger partial charge on any atom is -0.310 e. The highest BCUT2D eigenvalue weighted by molar-refractivity contribution is 5.99. The fraction of sp³-hybridized carbons (Fsp3) is 0.179. The predicted octanol–water partition coefficient (Wildman–Crippen LogP) is 4.43. The van der Waals surface area contributed by atoms with Crippen molar-refractivity contribution in [1.29, 1.82) is 0 Å². The van der Waals surface area contributed by atoms with Crippen LogP contribution in [-0.4, -0.2) is 28.5 Å². The number of hydrogen-bond donors (Lipinski definition) is 1. The summed E-state index contributed by atoms with van der Waals surface area (Å²) in [6.45, 7) is 1.24. The number of benzene rings is 2. The van der Waals surface area contributed by atoms with Crippen molar-refractivity contribution in [3.05, 3.63) is 114 Å². The maximum Gasteiger partial charge on any atom is 0.244 e. The lowest BCUT2D eigenvalue weighted by Crippen LogP contribution is -2.47. The molecule has 2 aromatic carbocycles. The first-order chi connectivity index (χ1) is 16.3. The SMILES string of the molecule is O=C(C(Cc1ccccc1)NCc1ccccn1)N1CCc2ccc(-c3ccncc3)cc21. The molecule has 0 spiro atoms. The highest BCUT2D eigenvalue weighted by atomic mass is 16.2. The number of carbonyl (C=O) groups excluding carboxylic acids is 1. The Hall–Kier alpha value is -3.83. The van der Waals surface area contributed by atoms with Crippen LogP contribution in [0.1, 0.15) is 16.8 Å². The molecule has 0 saturated carbocycles. The fourth-order valence-corrected chi connectivity index (χ4v) is 4.35. The molecule has 4 aromatic rings. The van der Waals surface area contributed by atoms with E-state index in [0.29, 0.717) is 19.5 Å². The number of hydrogen-bond acceptors (Lipinski definition) is 4. The summed E-state index contributed by atoms with van der Waals surface area (Å²) in [5, 5.41) is 3.48. The van der Waals surface area contributed by atoms with E-state index in [9.17, 15) is 4.79 Å². The van der Waals surface area contributed by atoms with Crippen LogP contribution in [0.4, 0.5) is 5.69 Å². The minimum atomic E-state index is -0.343. The van der Waals surface area contributed by atoms with Gasteiger partial charge < -0.3 is 4.90 Å². The van der Waals surface area contributed by atoms with Gasteiger partial charge in [-0.25, -0.2) is 0 Å². The van der Waals surface area contributed by atoms with Crippen molar-refractivity contribution in [2.24, 2.45) is 0 Å². The van der Waals surface area contributed by atoms with Crippen molar-refractivity contribution in [1.82, 2.24) is 15.3 Å². The Morgan fingerprint density at radius 2 is 1.73 bits per heavy atom. The number of pyridine rings is 2. The molecule has 0 bridgehead atoms. The first-order valence-corrected chi connectivity index (χ1v) is 11.3. The Morgan fingerprint density at radius 1 is 0.909 bits per heavy atom. The van der Waals surface area contributed by atoms with E-state index in [1.165, 1.54) is 5.56 Å². The number of anilines is 1. The number of fused-ring (bicyclic) bond motifs is 1. The quantitative estimate of drug-likeness (QED) is 0.467. The van der Waals surface area contributed by atoms with Crippen molar-refractivity contribution in [3.63, 3.8) is 0 Å². The van der Waals surface area contributed by atoms with E-state index >= 15 is 0 Å². The summed E-state index contributed by atoms with van der Waals surface area (Å²) < 4.78 is 0. The fourth-order valence-electron chi connectivity index (χ4n) is 4.35. The lowest BCUT2D eigenvalue weighted by atomic mass is 10.0. The highest BCUT2D eigenvalue weighted by Crippen LogP contribution is 2.33. The smallest absolute Gasteiger partial charge is 0.244 e. The first kappa shape index (κ1) is 21.0. The van der Waals surface area contributed by atoms with Gasteiger partial charge in [-0.05, 0) is 65.4 Å². The summed E-state index contributed by atoms with van der Waals surface area (Å²) in [5.41, 5.74) is 6.47. The lowest BCUT2D eigenvalue weighted by Gasteiger charge is -2.25. The first-order valence-electron chi connectivity index (χ1n) is 11.3. The predicted molar refractivity (Wildman–Crippen MR) is 131 cm³/mol. The summed E-state index contributed by atoms with van der Waals surface area (Å²) >= 11 is 0. The number of nitrogens with one attached hydrogen (secondary N) is 1. The van der Waals surface area contributed by atoms with Crippen LogP contribution in [0.15, 0.2) is 97.5 Å². The van der Waals surface area contributed by atoms with Crippen molar-refractivity contribution in [2.45, 2.75) is 25.4 Å². The third-order valence-electron chi connectivity index (χ3n) is 6.10. The molecule has 5 heteroatoms. The third-order valence-corrected chi connectivity index (χ3v) is 6.10. The summed E-state index contributed by atoms with van der Waals surface area (Å²) in [6, 6.07) is 26.1. The van der Waals surface area contributed by atoms with Gasteiger partial charge in [0.2, 0.25) is 5.91 Å². The van der Waals surface area contributed by atoms with E-state index in [0.717, 1.165) is 34.5 Å². The van der Waals surface area contributed by atoms with Crippen molar-refractivity contribution in [2.75, 3.05) is 11.4 Å². The van der Waals surface area contributed by atoms with Gasteiger partial charge in [0, 0.05) is 37.4 Å². The average Bonchev–Trinajstić information content (AvgIpc) is 3.31. The van der Waals surface area contributed by atoms with E-state index < -0.39 is 0 Å². The van der Waals surface area contributed by atoms with E-state index in [4.69, 9.17) is 0 Å². The zero-order chi connectivity index (χ0) is 22.5. The van der Waals surface area contributed by atoms with Crippen LogP contribution in [0, 0.1) is 0 Å². The second kappa shape index (κ2) is 9.76. The molecule has 0 fully saturated rings. The highest BCUT2D eigenvalue weighted by Gasteiger charge is 2.30. The van der Waals surface area contributed by atoms with Gasteiger partial charge >= 0.3 is 0 Å². The number of amides is 1. The minimum absolute atomic E-state index is 0.0976. The van der Waals surface area contributed by atoms with Crippen LogP contribution in [-0.2, 0) is 24.2 Å². The number of aromatic nitrogens is 2. The van der Waals surface area contributed by atoms with Gasteiger partial charge in [-0.3, -0.25) is 20.1 Å². The van der Waals surface area contributed by atoms with Gasteiger partial charge in [0.25, 0.3) is 0 Å². The van der Waals surface area contributed by atoms with Crippen LogP contribution in [0.3, 0.4) is 0 Å². The molecule has 1 atom stereocenters. The Bertz CT molecular complexity index is 1210. The van der Waals surface area contributed by atoms with E-state index in [1.54, 1.807) is 18.6 Å². The summed E-state index contributed by atoms with van der Waals surface area (Å²) in [4.78, 5) is 24.3. The molecule has 3 heterocycles. The van der Waals surface area contributed by atoms with Gasteiger partial charge in [0.15, 0.2) is 0 Å². The molecule has 33 heavy (non-hydrogen) atoms. The Balaban J connectivity index is 1.41. The van der Waals surface area contributed by atoms with Crippen molar-refractivity contribution >= 4 is 11.6 Å². The molecule has 5 rings (SSSR count). The van der Waals surface area contributed by atoms with Crippen LogP contribution in [0.25, 0.3) is 11.1 Å².